The van der Waals surface area contributed by atoms with Crippen molar-refractivity contribution in [2.45, 2.75) is 39.5 Å². The first kappa shape index (κ1) is 23.5. The third-order valence-electron chi connectivity index (χ3n) is 4.68. The molecule has 2 aromatic rings. The van der Waals surface area contributed by atoms with Crippen LogP contribution in [0.4, 0.5) is 8.78 Å². The van der Waals surface area contributed by atoms with Crippen molar-refractivity contribution in [2.24, 2.45) is 5.92 Å². The number of esters is 1. The summed E-state index contributed by atoms with van der Waals surface area (Å²) in [5, 5.41) is 21.2. The van der Waals surface area contributed by atoms with Crippen molar-refractivity contribution in [1.29, 1.82) is 0 Å². The van der Waals surface area contributed by atoms with E-state index in [4.69, 9.17) is 4.74 Å². The van der Waals surface area contributed by atoms with Crippen molar-refractivity contribution in [1.82, 2.24) is 5.32 Å². The molecule has 2 aromatic carbocycles. The molecule has 0 saturated heterocycles. The minimum atomic E-state index is -3.05. The molecule has 0 fully saturated rings. The zero-order valence-electron chi connectivity index (χ0n) is 16.8. The number of carbonyl (C=O) groups excluding carboxylic acids is 2. The lowest BCUT2D eigenvalue weighted by atomic mass is 9.78. The molecule has 9 heteroatoms. The highest BCUT2D eigenvalue weighted by molar-refractivity contribution is 6.47. The Balaban J connectivity index is 2.23. The summed E-state index contributed by atoms with van der Waals surface area (Å²) in [4.78, 5) is 25.2. The Morgan fingerprint density at radius 2 is 1.80 bits per heavy atom. The molecule has 0 radical (unpaired) electrons. The number of nitrogens with one attached hydrogen (secondary N) is 1. The SMILES string of the molecule is CC(C)[C@H](NC(=O)c1ccc(CO)c(BO)c1C(F)F)C(=O)OCc1ccccc1. The van der Waals surface area contributed by atoms with Gasteiger partial charge >= 0.3 is 13.5 Å². The zero-order chi connectivity index (χ0) is 22.3. The van der Waals surface area contributed by atoms with Crippen LogP contribution >= 0.6 is 0 Å². The summed E-state index contributed by atoms with van der Waals surface area (Å²) < 4.78 is 32.6. The minimum Gasteiger partial charge on any atom is -0.459 e. The predicted molar refractivity (Wildman–Crippen MR) is 109 cm³/mol. The summed E-state index contributed by atoms with van der Waals surface area (Å²) in [5.41, 5.74) is -0.360. The standard InChI is InChI=1S/C21H24BF2NO5/c1-12(2)18(21(28)30-11-13-6-4-3-5-7-13)25-20(27)15-9-8-14(10-26)17(22-29)16(15)19(23)24/h3-9,12,18-19,22,26,29H,10-11H2,1-2H3,(H,25,27)/t18-/m0/s1. The Morgan fingerprint density at radius 3 is 2.33 bits per heavy atom. The number of carbonyl (C=O) groups is 2. The third kappa shape index (κ3) is 5.64. The highest BCUT2D eigenvalue weighted by atomic mass is 19.3. The molecule has 30 heavy (non-hydrogen) atoms. The van der Waals surface area contributed by atoms with Gasteiger partial charge in [-0.25, -0.2) is 13.6 Å². The number of benzene rings is 2. The van der Waals surface area contributed by atoms with Gasteiger partial charge in [0, 0.05) is 11.1 Å². The Hall–Kier alpha value is -2.78. The zero-order valence-corrected chi connectivity index (χ0v) is 16.8. The van der Waals surface area contributed by atoms with Crippen LogP contribution in [-0.2, 0) is 22.7 Å². The largest absolute Gasteiger partial charge is 0.459 e. The summed E-state index contributed by atoms with van der Waals surface area (Å²) in [5.74, 6) is -1.93. The number of alkyl halides is 2. The molecule has 1 atom stereocenters. The molecular formula is C21H24BF2NO5. The fourth-order valence-corrected chi connectivity index (χ4v) is 3.03. The van der Waals surface area contributed by atoms with E-state index in [0.717, 1.165) is 11.6 Å². The molecule has 6 nitrogen and oxygen atoms in total. The Bertz CT molecular complexity index is 877. The van der Waals surface area contributed by atoms with E-state index in [9.17, 15) is 28.5 Å². The predicted octanol–water partition coefficient (Wildman–Crippen LogP) is 1.58. The maximum Gasteiger partial charge on any atom is 0.329 e. The number of aliphatic hydroxyl groups excluding tert-OH is 1. The molecule has 0 heterocycles. The molecule has 0 unspecified atom stereocenters. The van der Waals surface area contributed by atoms with Crippen LogP contribution in [0, 0.1) is 5.92 Å². The van der Waals surface area contributed by atoms with Crippen LogP contribution in [0.5, 0.6) is 0 Å². The van der Waals surface area contributed by atoms with E-state index in [-0.39, 0.29) is 29.1 Å². The molecule has 3 N–H and O–H groups in total. The normalized spacial score (nSPS) is 12.0. The second-order valence-corrected chi connectivity index (χ2v) is 7.07. The number of hydrogen-bond acceptors (Lipinski definition) is 5. The molecule has 0 spiro atoms. The lowest BCUT2D eigenvalue weighted by Crippen LogP contribution is -2.46. The topological polar surface area (TPSA) is 95.9 Å². The first-order valence-corrected chi connectivity index (χ1v) is 9.46. The molecule has 0 aromatic heterocycles. The number of amides is 1. The molecule has 1 amide bonds. The van der Waals surface area contributed by atoms with Gasteiger partial charge in [0.25, 0.3) is 12.3 Å². The van der Waals surface area contributed by atoms with Gasteiger partial charge in [0.05, 0.1) is 6.61 Å². The van der Waals surface area contributed by atoms with Gasteiger partial charge in [-0.05, 0) is 28.6 Å². The van der Waals surface area contributed by atoms with Gasteiger partial charge in [0.2, 0.25) is 0 Å². The fourth-order valence-electron chi connectivity index (χ4n) is 3.03. The minimum absolute atomic E-state index is 0.0148. The number of halogens is 2. The molecule has 0 aliphatic rings. The first-order chi connectivity index (χ1) is 14.3. The van der Waals surface area contributed by atoms with Gasteiger partial charge in [-0.2, -0.15) is 0 Å². The smallest absolute Gasteiger partial charge is 0.329 e. The van der Waals surface area contributed by atoms with Gasteiger partial charge < -0.3 is 20.2 Å². The average molecular weight is 419 g/mol. The van der Waals surface area contributed by atoms with Crippen LogP contribution < -0.4 is 10.8 Å². The lowest BCUT2D eigenvalue weighted by Gasteiger charge is -2.22. The Kier molecular flexibility index (Phi) is 8.50. The molecule has 0 aliphatic heterocycles. The average Bonchev–Trinajstić information content (AvgIpc) is 2.74. The third-order valence-corrected chi connectivity index (χ3v) is 4.68. The second kappa shape index (κ2) is 10.8. The van der Waals surface area contributed by atoms with Crippen LogP contribution in [0.1, 0.15) is 47.3 Å². The highest BCUT2D eigenvalue weighted by Crippen LogP contribution is 2.23. The van der Waals surface area contributed by atoms with E-state index < -0.39 is 44.0 Å². The van der Waals surface area contributed by atoms with Crippen molar-refractivity contribution in [3.8, 4) is 0 Å². The molecular weight excluding hydrogens is 395 g/mol. The number of hydrogen-bond donors (Lipinski definition) is 3. The van der Waals surface area contributed by atoms with Crippen LogP contribution in [0.3, 0.4) is 0 Å². The number of ether oxygens (including phenoxy) is 1. The molecule has 0 bridgehead atoms. The van der Waals surface area contributed by atoms with Crippen molar-refractivity contribution < 1.29 is 33.2 Å². The van der Waals surface area contributed by atoms with Crippen molar-refractivity contribution in [3.63, 3.8) is 0 Å². The summed E-state index contributed by atoms with van der Waals surface area (Å²) in [6, 6.07) is 10.4. The van der Waals surface area contributed by atoms with Gasteiger partial charge in [-0.1, -0.05) is 50.2 Å². The molecule has 0 saturated carbocycles. The van der Waals surface area contributed by atoms with E-state index in [1.807, 2.05) is 6.07 Å². The van der Waals surface area contributed by atoms with Crippen LogP contribution in [-0.4, -0.2) is 35.5 Å². The summed E-state index contributed by atoms with van der Waals surface area (Å²) in [7, 11) is -0.761. The summed E-state index contributed by atoms with van der Waals surface area (Å²) in [6.07, 6.45) is -3.05. The lowest BCUT2D eigenvalue weighted by molar-refractivity contribution is -0.148. The van der Waals surface area contributed by atoms with E-state index >= 15 is 0 Å². The Labute approximate surface area is 174 Å². The second-order valence-electron chi connectivity index (χ2n) is 7.07. The Morgan fingerprint density at radius 1 is 1.13 bits per heavy atom. The van der Waals surface area contributed by atoms with E-state index in [1.54, 1.807) is 38.1 Å². The molecule has 160 valence electrons. The van der Waals surface area contributed by atoms with E-state index in [1.165, 1.54) is 6.07 Å². The maximum atomic E-state index is 13.7. The summed E-state index contributed by atoms with van der Waals surface area (Å²) >= 11 is 0. The summed E-state index contributed by atoms with van der Waals surface area (Å²) in [6.45, 7) is 2.84. The van der Waals surface area contributed by atoms with Gasteiger partial charge in [-0.15, -0.1) is 0 Å². The van der Waals surface area contributed by atoms with Crippen molar-refractivity contribution >= 4 is 24.8 Å². The molecule has 0 aliphatic carbocycles. The fraction of sp³-hybridized carbons (Fsp3) is 0.333. The van der Waals surface area contributed by atoms with E-state index in [2.05, 4.69) is 5.32 Å². The monoisotopic (exact) mass is 419 g/mol. The van der Waals surface area contributed by atoms with Crippen LogP contribution in [0.25, 0.3) is 0 Å². The highest BCUT2D eigenvalue weighted by Gasteiger charge is 2.30. The van der Waals surface area contributed by atoms with E-state index in [0.29, 0.717) is 0 Å². The first-order valence-electron chi connectivity index (χ1n) is 9.46. The van der Waals surface area contributed by atoms with Gasteiger partial charge in [0.15, 0.2) is 0 Å². The number of aliphatic hydroxyl groups is 1. The quantitative estimate of drug-likeness (QED) is 0.424. The maximum absolute atomic E-state index is 13.7. The van der Waals surface area contributed by atoms with Crippen LogP contribution in [0.15, 0.2) is 42.5 Å². The van der Waals surface area contributed by atoms with Crippen molar-refractivity contribution in [3.05, 3.63) is 64.7 Å². The van der Waals surface area contributed by atoms with Crippen LogP contribution in [0.2, 0.25) is 0 Å². The molecule has 2 rings (SSSR count). The van der Waals surface area contributed by atoms with Crippen molar-refractivity contribution in [2.75, 3.05) is 0 Å². The number of rotatable bonds is 9. The van der Waals surface area contributed by atoms with Gasteiger partial charge in [0.1, 0.15) is 12.6 Å². The van der Waals surface area contributed by atoms with Gasteiger partial charge in [-0.3, -0.25) is 4.79 Å².